The van der Waals surface area contributed by atoms with E-state index < -0.39 is 6.09 Å². The van der Waals surface area contributed by atoms with Gasteiger partial charge >= 0.3 is 6.09 Å². The molecule has 23 heavy (non-hydrogen) atoms. The van der Waals surface area contributed by atoms with Gasteiger partial charge in [0, 0.05) is 22.9 Å². The molecule has 2 N–H and O–H groups in total. The van der Waals surface area contributed by atoms with Crippen LogP contribution in [-0.4, -0.2) is 17.5 Å². The molecule has 0 saturated carbocycles. The molecule has 0 aromatic heterocycles. The maximum atomic E-state index is 12.1. The summed E-state index contributed by atoms with van der Waals surface area (Å²) in [5, 5.41) is 5.47. The Balaban J connectivity index is 2.02. The van der Waals surface area contributed by atoms with Crippen molar-refractivity contribution >= 4 is 17.7 Å². The molecule has 0 fully saturated rings. The third kappa shape index (κ3) is 5.47. The number of anilines is 1. The van der Waals surface area contributed by atoms with Crippen LogP contribution in [0.2, 0.25) is 0 Å². The fraction of sp³-hybridized carbons (Fsp3) is 0.222. The third-order valence-electron chi connectivity index (χ3n) is 2.82. The number of carbonyl (C=O) groups excluding carboxylic acids is 2. The van der Waals surface area contributed by atoms with Crippen molar-refractivity contribution in [2.75, 3.05) is 5.32 Å². The van der Waals surface area contributed by atoms with Crippen LogP contribution in [0.1, 0.15) is 31.1 Å². The number of carbonyl (C=O) groups is 2. The Kier molecular flexibility index (Phi) is 5.01. The molecule has 0 atom stereocenters. The minimum atomic E-state index is -0.538. The van der Waals surface area contributed by atoms with Crippen molar-refractivity contribution < 1.29 is 14.3 Å². The molecule has 0 aliphatic rings. The summed E-state index contributed by atoms with van der Waals surface area (Å²) < 4.78 is 5.22. The van der Waals surface area contributed by atoms with E-state index in [1.165, 1.54) is 0 Å². The first-order valence-electron chi connectivity index (χ1n) is 7.30. The van der Waals surface area contributed by atoms with Crippen LogP contribution in [0.3, 0.4) is 0 Å². The van der Waals surface area contributed by atoms with E-state index in [-0.39, 0.29) is 11.4 Å². The molecular formula is C18H20N2O3. The number of amides is 2. The zero-order valence-electron chi connectivity index (χ0n) is 13.4. The highest BCUT2D eigenvalue weighted by Gasteiger charge is 2.15. The monoisotopic (exact) mass is 312 g/mol. The van der Waals surface area contributed by atoms with Crippen LogP contribution in [0.5, 0.6) is 5.75 Å². The number of hydrogen-bond donors (Lipinski definition) is 2. The van der Waals surface area contributed by atoms with Crippen LogP contribution < -0.4 is 15.4 Å². The summed E-state index contributed by atoms with van der Waals surface area (Å²) in [7, 11) is 0. The second-order valence-electron chi connectivity index (χ2n) is 6.11. The Bertz CT molecular complexity index is 691. The average molecular weight is 312 g/mol. The Labute approximate surface area is 135 Å². The lowest BCUT2D eigenvalue weighted by Gasteiger charge is -2.19. The molecule has 2 aromatic carbocycles. The van der Waals surface area contributed by atoms with Gasteiger partial charge in [0.25, 0.3) is 5.91 Å². The normalized spacial score (nSPS) is 10.7. The van der Waals surface area contributed by atoms with Crippen molar-refractivity contribution in [3.05, 3.63) is 60.2 Å². The molecule has 0 spiro atoms. The van der Waals surface area contributed by atoms with Crippen molar-refractivity contribution in [3.63, 3.8) is 0 Å². The fourth-order valence-electron chi connectivity index (χ4n) is 1.87. The SMILES string of the molecule is CC(C)(C)NC(=O)Oc1cccc(NC(=O)c2ccccc2)c1. The molecule has 0 aliphatic heterocycles. The summed E-state index contributed by atoms with van der Waals surface area (Å²) in [6.45, 7) is 5.60. The van der Waals surface area contributed by atoms with Gasteiger partial charge < -0.3 is 15.4 Å². The van der Waals surface area contributed by atoms with Crippen LogP contribution >= 0.6 is 0 Å². The van der Waals surface area contributed by atoms with Gasteiger partial charge in [-0.2, -0.15) is 0 Å². The average Bonchev–Trinajstić information content (AvgIpc) is 2.46. The van der Waals surface area contributed by atoms with E-state index in [1.807, 2.05) is 26.8 Å². The molecule has 120 valence electrons. The first-order chi connectivity index (χ1) is 10.8. The van der Waals surface area contributed by atoms with Crippen LogP contribution in [-0.2, 0) is 0 Å². The molecular weight excluding hydrogens is 292 g/mol. The molecule has 2 aromatic rings. The number of ether oxygens (including phenoxy) is 1. The van der Waals surface area contributed by atoms with Crippen LogP contribution in [0.15, 0.2) is 54.6 Å². The maximum Gasteiger partial charge on any atom is 0.413 e. The topological polar surface area (TPSA) is 67.4 Å². The van der Waals surface area contributed by atoms with Crippen molar-refractivity contribution in [1.29, 1.82) is 0 Å². The van der Waals surface area contributed by atoms with Crippen molar-refractivity contribution in [2.24, 2.45) is 0 Å². The van der Waals surface area contributed by atoms with Gasteiger partial charge in [0.2, 0.25) is 0 Å². The van der Waals surface area contributed by atoms with Gasteiger partial charge in [0.1, 0.15) is 5.75 Å². The highest BCUT2D eigenvalue weighted by Crippen LogP contribution is 2.18. The summed E-state index contributed by atoms with van der Waals surface area (Å²) in [6.07, 6.45) is -0.538. The molecule has 0 aliphatic carbocycles. The number of hydrogen-bond acceptors (Lipinski definition) is 3. The molecule has 0 radical (unpaired) electrons. The lowest BCUT2D eigenvalue weighted by molar-refractivity contribution is 0.102. The van der Waals surface area contributed by atoms with E-state index in [9.17, 15) is 9.59 Å². The minimum Gasteiger partial charge on any atom is -0.410 e. The van der Waals surface area contributed by atoms with Gasteiger partial charge in [-0.25, -0.2) is 4.79 Å². The Hall–Kier alpha value is -2.82. The van der Waals surface area contributed by atoms with E-state index in [0.717, 1.165) is 0 Å². The minimum absolute atomic E-state index is 0.220. The maximum absolute atomic E-state index is 12.1. The molecule has 2 amide bonds. The number of benzene rings is 2. The second kappa shape index (κ2) is 6.96. The number of rotatable bonds is 3. The van der Waals surface area contributed by atoms with Gasteiger partial charge in [-0.1, -0.05) is 24.3 Å². The first-order valence-corrected chi connectivity index (χ1v) is 7.30. The highest BCUT2D eigenvalue weighted by molar-refractivity contribution is 6.04. The van der Waals surface area contributed by atoms with Crippen molar-refractivity contribution in [3.8, 4) is 5.75 Å². The molecule has 0 unspecified atom stereocenters. The lowest BCUT2D eigenvalue weighted by Crippen LogP contribution is -2.42. The Morgan fingerprint density at radius 2 is 1.65 bits per heavy atom. The van der Waals surface area contributed by atoms with Crippen LogP contribution in [0, 0.1) is 0 Å². The van der Waals surface area contributed by atoms with Crippen molar-refractivity contribution in [1.82, 2.24) is 5.32 Å². The molecule has 5 heteroatoms. The molecule has 5 nitrogen and oxygen atoms in total. The fourth-order valence-corrected chi connectivity index (χ4v) is 1.87. The van der Waals surface area contributed by atoms with E-state index in [0.29, 0.717) is 17.0 Å². The highest BCUT2D eigenvalue weighted by atomic mass is 16.6. The summed E-state index contributed by atoms with van der Waals surface area (Å²) >= 11 is 0. The smallest absolute Gasteiger partial charge is 0.410 e. The van der Waals surface area contributed by atoms with Crippen molar-refractivity contribution in [2.45, 2.75) is 26.3 Å². The molecule has 0 heterocycles. The summed E-state index contributed by atoms with van der Waals surface area (Å²) in [6, 6.07) is 15.6. The quantitative estimate of drug-likeness (QED) is 0.905. The summed E-state index contributed by atoms with van der Waals surface area (Å²) in [5.41, 5.74) is 0.736. The molecule has 2 rings (SSSR count). The number of nitrogens with one attached hydrogen (secondary N) is 2. The summed E-state index contributed by atoms with van der Waals surface area (Å²) in [4.78, 5) is 23.9. The Morgan fingerprint density at radius 3 is 2.30 bits per heavy atom. The van der Waals surface area contributed by atoms with E-state index >= 15 is 0 Å². The predicted octanol–water partition coefficient (Wildman–Crippen LogP) is 3.83. The molecule has 0 saturated heterocycles. The second-order valence-corrected chi connectivity index (χ2v) is 6.11. The van der Waals surface area contributed by atoms with E-state index in [2.05, 4.69) is 10.6 Å². The standard InChI is InChI=1S/C18H20N2O3/c1-18(2,3)20-17(22)23-15-11-7-10-14(12-15)19-16(21)13-8-5-4-6-9-13/h4-12H,1-3H3,(H,19,21)(H,20,22). The molecule has 0 bridgehead atoms. The van der Waals surface area contributed by atoms with Gasteiger partial charge in [-0.3, -0.25) is 4.79 Å². The van der Waals surface area contributed by atoms with Gasteiger partial charge in [0.05, 0.1) is 0 Å². The summed E-state index contributed by atoms with van der Waals surface area (Å²) in [5.74, 6) is 0.138. The third-order valence-corrected chi connectivity index (χ3v) is 2.82. The van der Waals surface area contributed by atoms with Crippen LogP contribution in [0.25, 0.3) is 0 Å². The lowest BCUT2D eigenvalue weighted by atomic mass is 10.1. The zero-order chi connectivity index (χ0) is 16.9. The van der Waals surface area contributed by atoms with E-state index in [4.69, 9.17) is 4.74 Å². The largest absolute Gasteiger partial charge is 0.413 e. The first kappa shape index (κ1) is 16.5. The van der Waals surface area contributed by atoms with Gasteiger partial charge in [0.15, 0.2) is 0 Å². The van der Waals surface area contributed by atoms with E-state index in [1.54, 1.807) is 48.5 Å². The predicted molar refractivity (Wildman–Crippen MR) is 89.7 cm³/mol. The zero-order valence-corrected chi connectivity index (χ0v) is 13.4. The van der Waals surface area contributed by atoms with Gasteiger partial charge in [-0.15, -0.1) is 0 Å². The van der Waals surface area contributed by atoms with Gasteiger partial charge in [-0.05, 0) is 45.0 Å². The van der Waals surface area contributed by atoms with Crippen LogP contribution in [0.4, 0.5) is 10.5 Å². The Morgan fingerprint density at radius 1 is 0.957 bits per heavy atom.